The molecule has 0 aromatic rings. The van der Waals surface area contributed by atoms with Gasteiger partial charge in [0.1, 0.15) is 0 Å². The van der Waals surface area contributed by atoms with Gasteiger partial charge in [-0.1, -0.05) is 27.7 Å². The van der Waals surface area contributed by atoms with Crippen LogP contribution in [0.5, 0.6) is 0 Å². The van der Waals surface area contributed by atoms with Gasteiger partial charge < -0.3 is 10.8 Å². The highest BCUT2D eigenvalue weighted by atomic mass is 16.3. The smallest absolute Gasteiger partial charge is 0.0716 e. The molecule has 2 nitrogen and oxygen atoms in total. The Balaban J connectivity index is 3.81. The number of aliphatic hydroxyl groups is 1. The normalized spacial score (nSPS) is 18.0. The number of rotatable bonds is 3. The number of hydrogen-bond acceptors (Lipinski definition) is 2. The van der Waals surface area contributed by atoms with Crippen molar-refractivity contribution in [3.05, 3.63) is 0 Å². The molecule has 0 spiro atoms. The fourth-order valence-corrected chi connectivity index (χ4v) is 0.839. The van der Waals surface area contributed by atoms with Crippen molar-refractivity contribution in [1.82, 2.24) is 0 Å². The predicted octanol–water partition coefficient (Wildman–Crippen LogP) is 0.987. The lowest BCUT2D eigenvalue weighted by atomic mass is 9.92. The van der Waals surface area contributed by atoms with Crippen molar-refractivity contribution in [2.45, 2.75) is 39.8 Å². The zero-order chi connectivity index (χ0) is 8.31. The lowest BCUT2D eigenvalue weighted by Crippen LogP contribution is -2.42. The van der Waals surface area contributed by atoms with Gasteiger partial charge in [0.15, 0.2) is 0 Å². The van der Waals surface area contributed by atoms with Gasteiger partial charge in [0.05, 0.1) is 6.10 Å². The van der Waals surface area contributed by atoms with Crippen LogP contribution in [-0.4, -0.2) is 17.3 Å². The topological polar surface area (TPSA) is 46.2 Å². The van der Waals surface area contributed by atoms with Crippen molar-refractivity contribution in [3.63, 3.8) is 0 Å². The summed E-state index contributed by atoms with van der Waals surface area (Å²) in [4.78, 5) is 0. The minimum Gasteiger partial charge on any atom is -0.391 e. The van der Waals surface area contributed by atoms with Gasteiger partial charge in [-0.3, -0.25) is 0 Å². The highest BCUT2D eigenvalue weighted by Crippen LogP contribution is 2.10. The Morgan fingerprint density at radius 1 is 1.00 bits per heavy atom. The van der Waals surface area contributed by atoms with E-state index in [4.69, 9.17) is 5.73 Å². The maximum atomic E-state index is 9.44. The average molecular weight is 145 g/mol. The van der Waals surface area contributed by atoms with Gasteiger partial charge in [0.25, 0.3) is 0 Å². The van der Waals surface area contributed by atoms with Gasteiger partial charge in [0.2, 0.25) is 0 Å². The van der Waals surface area contributed by atoms with E-state index in [0.29, 0.717) is 5.92 Å². The molecule has 0 aromatic carbocycles. The van der Waals surface area contributed by atoms with E-state index in [1.54, 1.807) is 0 Å². The first-order chi connectivity index (χ1) is 4.46. The standard InChI is InChI=1S/C8H19NO/c1-5(2)7(9)8(10)6(3)4/h5-8,10H,9H2,1-4H3/t7-,8-/m1/s1. The van der Waals surface area contributed by atoms with E-state index < -0.39 is 0 Å². The Bertz CT molecular complexity index is 79.3. The molecule has 3 N–H and O–H groups in total. The molecule has 0 aliphatic rings. The molecule has 0 bridgehead atoms. The van der Waals surface area contributed by atoms with E-state index in [0.717, 1.165) is 0 Å². The molecule has 2 atom stereocenters. The molecule has 0 aliphatic heterocycles. The summed E-state index contributed by atoms with van der Waals surface area (Å²) in [5, 5.41) is 9.44. The molecule has 0 radical (unpaired) electrons. The van der Waals surface area contributed by atoms with Crippen LogP contribution in [0.4, 0.5) is 0 Å². The van der Waals surface area contributed by atoms with Gasteiger partial charge >= 0.3 is 0 Å². The van der Waals surface area contributed by atoms with E-state index >= 15 is 0 Å². The zero-order valence-corrected chi connectivity index (χ0v) is 7.33. The van der Waals surface area contributed by atoms with Gasteiger partial charge in [0, 0.05) is 6.04 Å². The Kier molecular flexibility index (Phi) is 3.91. The Labute approximate surface area is 63.4 Å². The van der Waals surface area contributed by atoms with E-state index in [1.165, 1.54) is 0 Å². The Morgan fingerprint density at radius 3 is 1.50 bits per heavy atom. The fourth-order valence-electron chi connectivity index (χ4n) is 0.839. The molecule has 0 saturated heterocycles. The van der Waals surface area contributed by atoms with Crippen LogP contribution >= 0.6 is 0 Å². The van der Waals surface area contributed by atoms with E-state index in [1.807, 2.05) is 27.7 Å². The summed E-state index contributed by atoms with van der Waals surface area (Å²) >= 11 is 0. The van der Waals surface area contributed by atoms with Crippen LogP contribution in [0, 0.1) is 11.8 Å². The van der Waals surface area contributed by atoms with Crippen LogP contribution in [0.15, 0.2) is 0 Å². The summed E-state index contributed by atoms with van der Waals surface area (Å²) in [6, 6.07) is -0.0833. The lowest BCUT2D eigenvalue weighted by molar-refractivity contribution is 0.0813. The summed E-state index contributed by atoms with van der Waals surface area (Å²) in [6.07, 6.45) is -0.361. The van der Waals surface area contributed by atoms with Crippen LogP contribution in [-0.2, 0) is 0 Å². The molecule has 0 aliphatic carbocycles. The molecule has 0 amide bonds. The van der Waals surface area contributed by atoms with Crippen LogP contribution in [0.25, 0.3) is 0 Å². The second-order valence-electron chi connectivity index (χ2n) is 3.56. The molecular weight excluding hydrogens is 126 g/mol. The highest BCUT2D eigenvalue weighted by molar-refractivity contribution is 4.76. The first-order valence-electron chi connectivity index (χ1n) is 3.90. The van der Waals surface area contributed by atoms with Crippen LogP contribution in [0.2, 0.25) is 0 Å². The summed E-state index contributed by atoms with van der Waals surface area (Å²) in [5.74, 6) is 0.620. The third-order valence-electron chi connectivity index (χ3n) is 1.85. The zero-order valence-electron chi connectivity index (χ0n) is 7.33. The van der Waals surface area contributed by atoms with Gasteiger partial charge in [-0.15, -0.1) is 0 Å². The van der Waals surface area contributed by atoms with Crippen molar-refractivity contribution in [3.8, 4) is 0 Å². The molecular formula is C8H19NO. The highest BCUT2D eigenvalue weighted by Gasteiger charge is 2.20. The van der Waals surface area contributed by atoms with Crippen molar-refractivity contribution in [1.29, 1.82) is 0 Å². The minimum absolute atomic E-state index is 0.0833. The monoisotopic (exact) mass is 145 g/mol. The van der Waals surface area contributed by atoms with Crippen LogP contribution in [0.1, 0.15) is 27.7 Å². The van der Waals surface area contributed by atoms with Crippen molar-refractivity contribution in [2.24, 2.45) is 17.6 Å². The van der Waals surface area contributed by atoms with Crippen LogP contribution in [0.3, 0.4) is 0 Å². The number of hydrogen-bond donors (Lipinski definition) is 2. The Morgan fingerprint density at radius 2 is 1.40 bits per heavy atom. The maximum Gasteiger partial charge on any atom is 0.0716 e. The maximum absolute atomic E-state index is 9.44. The SMILES string of the molecule is CC(C)[C@@H](N)[C@H](O)C(C)C. The summed E-state index contributed by atoms with van der Waals surface area (Å²) in [7, 11) is 0. The summed E-state index contributed by atoms with van der Waals surface area (Å²) in [5.41, 5.74) is 5.71. The largest absolute Gasteiger partial charge is 0.391 e. The van der Waals surface area contributed by atoms with Crippen LogP contribution < -0.4 is 5.73 Å². The second-order valence-corrected chi connectivity index (χ2v) is 3.56. The van der Waals surface area contributed by atoms with Crippen molar-refractivity contribution >= 4 is 0 Å². The first-order valence-corrected chi connectivity index (χ1v) is 3.90. The van der Waals surface area contributed by atoms with E-state index in [-0.39, 0.29) is 18.1 Å². The molecule has 10 heavy (non-hydrogen) atoms. The first kappa shape index (κ1) is 9.92. The molecule has 0 aromatic heterocycles. The molecule has 0 heterocycles. The second kappa shape index (κ2) is 3.94. The third-order valence-corrected chi connectivity index (χ3v) is 1.85. The molecule has 0 saturated carbocycles. The van der Waals surface area contributed by atoms with Gasteiger partial charge in [-0.25, -0.2) is 0 Å². The summed E-state index contributed by atoms with van der Waals surface area (Å²) < 4.78 is 0. The molecule has 2 heteroatoms. The van der Waals surface area contributed by atoms with Crippen molar-refractivity contribution < 1.29 is 5.11 Å². The van der Waals surface area contributed by atoms with E-state index in [2.05, 4.69) is 0 Å². The predicted molar refractivity (Wildman–Crippen MR) is 43.7 cm³/mol. The molecule has 0 unspecified atom stereocenters. The lowest BCUT2D eigenvalue weighted by Gasteiger charge is -2.24. The molecule has 0 rings (SSSR count). The minimum atomic E-state index is -0.361. The molecule has 0 fully saturated rings. The number of aliphatic hydroxyl groups excluding tert-OH is 1. The average Bonchev–Trinajstić information content (AvgIpc) is 1.84. The summed E-state index contributed by atoms with van der Waals surface area (Å²) in [6.45, 7) is 8.01. The van der Waals surface area contributed by atoms with Gasteiger partial charge in [-0.2, -0.15) is 0 Å². The van der Waals surface area contributed by atoms with Gasteiger partial charge in [-0.05, 0) is 11.8 Å². The number of nitrogens with two attached hydrogens (primary N) is 1. The molecule has 62 valence electrons. The van der Waals surface area contributed by atoms with Crippen molar-refractivity contribution in [2.75, 3.05) is 0 Å². The Hall–Kier alpha value is -0.0800. The quantitative estimate of drug-likeness (QED) is 0.622. The third kappa shape index (κ3) is 2.67. The van der Waals surface area contributed by atoms with E-state index in [9.17, 15) is 5.11 Å². The fraction of sp³-hybridized carbons (Fsp3) is 1.00.